The first-order chi connectivity index (χ1) is 8.66. The fourth-order valence-corrected chi connectivity index (χ4v) is 1.91. The normalized spacial score (nSPS) is 12.2. The van der Waals surface area contributed by atoms with E-state index in [-0.39, 0.29) is 6.04 Å². The van der Waals surface area contributed by atoms with E-state index in [9.17, 15) is 0 Å². The van der Waals surface area contributed by atoms with Crippen molar-refractivity contribution in [3.63, 3.8) is 0 Å². The largest absolute Gasteiger partial charge is 0.473 e. The zero-order valence-corrected chi connectivity index (χ0v) is 11.7. The van der Waals surface area contributed by atoms with E-state index in [1.165, 1.54) is 0 Å². The summed E-state index contributed by atoms with van der Waals surface area (Å²) in [6.07, 6.45) is 1.75. The van der Waals surface area contributed by atoms with Gasteiger partial charge in [-0.05, 0) is 18.6 Å². The lowest BCUT2D eigenvalue weighted by Gasteiger charge is -2.08. The summed E-state index contributed by atoms with van der Waals surface area (Å²) in [5.41, 5.74) is 7.86. The highest BCUT2D eigenvalue weighted by molar-refractivity contribution is 9.10. The minimum atomic E-state index is -0.00480. The molecule has 1 heterocycles. The van der Waals surface area contributed by atoms with Crippen LogP contribution in [0.2, 0.25) is 0 Å². The smallest absolute Gasteiger partial charge is 0.213 e. The van der Waals surface area contributed by atoms with E-state index in [0.29, 0.717) is 12.5 Å². The summed E-state index contributed by atoms with van der Waals surface area (Å²) in [5.74, 6) is 0.607. The average molecular weight is 307 g/mol. The second-order valence-corrected chi connectivity index (χ2v) is 4.95. The number of halogens is 1. The van der Waals surface area contributed by atoms with Crippen molar-refractivity contribution in [2.75, 3.05) is 0 Å². The maximum atomic E-state index is 5.76. The highest BCUT2D eigenvalue weighted by Crippen LogP contribution is 2.18. The van der Waals surface area contributed by atoms with E-state index >= 15 is 0 Å². The van der Waals surface area contributed by atoms with Gasteiger partial charge in [-0.25, -0.2) is 4.98 Å². The average Bonchev–Trinajstić information content (AvgIpc) is 2.38. The molecule has 1 unspecified atom stereocenters. The molecule has 18 heavy (non-hydrogen) atoms. The zero-order valence-electron chi connectivity index (χ0n) is 10.1. The Morgan fingerprint density at radius 3 is 2.67 bits per heavy atom. The highest BCUT2D eigenvalue weighted by Gasteiger charge is 2.03. The third-order valence-corrected chi connectivity index (χ3v) is 3.39. The van der Waals surface area contributed by atoms with Gasteiger partial charge in [0.05, 0.1) is 0 Å². The van der Waals surface area contributed by atoms with Crippen molar-refractivity contribution in [2.24, 2.45) is 5.73 Å². The van der Waals surface area contributed by atoms with Crippen molar-refractivity contribution in [3.05, 3.63) is 58.2 Å². The van der Waals surface area contributed by atoms with Crippen LogP contribution in [0.4, 0.5) is 0 Å². The van der Waals surface area contributed by atoms with Crippen molar-refractivity contribution >= 4 is 15.9 Å². The molecular weight excluding hydrogens is 292 g/mol. The van der Waals surface area contributed by atoms with Crippen LogP contribution in [-0.2, 0) is 6.61 Å². The van der Waals surface area contributed by atoms with Crippen molar-refractivity contribution < 1.29 is 4.74 Å². The molecule has 1 aromatic heterocycles. The molecule has 2 N–H and O–H groups in total. The Balaban J connectivity index is 2.00. The molecule has 1 atom stereocenters. The Morgan fingerprint density at radius 1 is 1.28 bits per heavy atom. The van der Waals surface area contributed by atoms with Crippen LogP contribution in [0, 0.1) is 0 Å². The topological polar surface area (TPSA) is 48.1 Å². The number of nitrogens with two attached hydrogens (primary N) is 1. The van der Waals surface area contributed by atoms with Gasteiger partial charge in [0.1, 0.15) is 6.61 Å². The lowest BCUT2D eigenvalue weighted by Crippen LogP contribution is -2.05. The summed E-state index contributed by atoms with van der Waals surface area (Å²) in [4.78, 5) is 4.23. The third kappa shape index (κ3) is 3.31. The van der Waals surface area contributed by atoms with E-state index in [2.05, 4.69) is 20.9 Å². The molecule has 0 aliphatic heterocycles. The summed E-state index contributed by atoms with van der Waals surface area (Å²) in [6.45, 7) is 2.42. The summed E-state index contributed by atoms with van der Waals surface area (Å²) in [6, 6.07) is 11.7. The molecule has 2 aromatic rings. The molecule has 0 aliphatic rings. The number of hydrogen-bond donors (Lipinski definition) is 1. The van der Waals surface area contributed by atoms with Gasteiger partial charge < -0.3 is 10.5 Å². The molecule has 94 valence electrons. The molecular formula is C14H15BrN2O. The van der Waals surface area contributed by atoms with Crippen molar-refractivity contribution in [2.45, 2.75) is 19.6 Å². The minimum Gasteiger partial charge on any atom is -0.473 e. The SMILES string of the molecule is CC(N)c1ccc(OCc2ccccc2Br)nc1. The maximum absolute atomic E-state index is 5.76. The summed E-state index contributed by atoms with van der Waals surface area (Å²) in [5, 5.41) is 0. The molecule has 0 saturated heterocycles. The van der Waals surface area contributed by atoms with Gasteiger partial charge in [0, 0.05) is 28.3 Å². The summed E-state index contributed by atoms with van der Waals surface area (Å²) >= 11 is 3.48. The highest BCUT2D eigenvalue weighted by atomic mass is 79.9. The lowest BCUT2D eigenvalue weighted by molar-refractivity contribution is 0.293. The van der Waals surface area contributed by atoms with Crippen molar-refractivity contribution in [1.29, 1.82) is 0 Å². The number of benzene rings is 1. The molecule has 2 rings (SSSR count). The number of rotatable bonds is 4. The zero-order chi connectivity index (χ0) is 13.0. The third-order valence-electron chi connectivity index (χ3n) is 2.62. The molecule has 0 spiro atoms. The Morgan fingerprint density at radius 2 is 2.06 bits per heavy atom. The van der Waals surface area contributed by atoms with Gasteiger partial charge in [0.25, 0.3) is 0 Å². The van der Waals surface area contributed by atoms with E-state index in [1.54, 1.807) is 6.20 Å². The maximum Gasteiger partial charge on any atom is 0.213 e. The van der Waals surface area contributed by atoms with Gasteiger partial charge in [-0.2, -0.15) is 0 Å². The van der Waals surface area contributed by atoms with Crippen LogP contribution in [0.15, 0.2) is 47.1 Å². The second kappa shape index (κ2) is 5.98. The van der Waals surface area contributed by atoms with Crippen LogP contribution in [0.25, 0.3) is 0 Å². The van der Waals surface area contributed by atoms with Gasteiger partial charge in [-0.3, -0.25) is 0 Å². The van der Waals surface area contributed by atoms with Crippen LogP contribution >= 0.6 is 15.9 Å². The van der Waals surface area contributed by atoms with E-state index in [0.717, 1.165) is 15.6 Å². The first-order valence-electron chi connectivity index (χ1n) is 5.74. The van der Waals surface area contributed by atoms with Gasteiger partial charge in [0.2, 0.25) is 5.88 Å². The fourth-order valence-electron chi connectivity index (χ4n) is 1.51. The minimum absolute atomic E-state index is 0.00480. The van der Waals surface area contributed by atoms with Crippen LogP contribution in [0.1, 0.15) is 24.1 Å². The molecule has 0 amide bonds. The Kier molecular flexibility index (Phi) is 4.33. The van der Waals surface area contributed by atoms with E-state index < -0.39 is 0 Å². The molecule has 3 nitrogen and oxygen atoms in total. The molecule has 0 saturated carbocycles. The number of ether oxygens (including phenoxy) is 1. The van der Waals surface area contributed by atoms with Crippen LogP contribution in [-0.4, -0.2) is 4.98 Å². The van der Waals surface area contributed by atoms with Crippen molar-refractivity contribution in [1.82, 2.24) is 4.98 Å². The van der Waals surface area contributed by atoms with E-state index in [1.807, 2.05) is 43.3 Å². The number of pyridine rings is 1. The monoisotopic (exact) mass is 306 g/mol. The fraction of sp³-hybridized carbons (Fsp3) is 0.214. The molecule has 4 heteroatoms. The van der Waals surface area contributed by atoms with Crippen molar-refractivity contribution in [3.8, 4) is 5.88 Å². The van der Waals surface area contributed by atoms with Gasteiger partial charge in [-0.1, -0.05) is 40.2 Å². The first-order valence-corrected chi connectivity index (χ1v) is 6.54. The molecule has 1 aromatic carbocycles. The van der Waals surface area contributed by atoms with Crippen LogP contribution < -0.4 is 10.5 Å². The first kappa shape index (κ1) is 13.1. The standard InChI is InChI=1S/C14H15BrN2O/c1-10(16)11-6-7-14(17-8-11)18-9-12-4-2-3-5-13(12)15/h2-8,10H,9,16H2,1H3. The van der Waals surface area contributed by atoms with Crippen LogP contribution in [0.3, 0.4) is 0 Å². The second-order valence-electron chi connectivity index (χ2n) is 4.10. The number of aromatic nitrogens is 1. The molecule has 0 aliphatic carbocycles. The predicted octanol–water partition coefficient (Wildman–Crippen LogP) is 3.44. The molecule has 0 radical (unpaired) electrons. The quantitative estimate of drug-likeness (QED) is 0.941. The van der Waals surface area contributed by atoms with Gasteiger partial charge in [0.15, 0.2) is 0 Å². The summed E-state index contributed by atoms with van der Waals surface area (Å²) in [7, 11) is 0. The van der Waals surface area contributed by atoms with Gasteiger partial charge >= 0.3 is 0 Å². The van der Waals surface area contributed by atoms with E-state index in [4.69, 9.17) is 10.5 Å². The number of nitrogens with zero attached hydrogens (tertiary/aromatic N) is 1. The Bertz CT molecular complexity index is 511. The number of hydrogen-bond acceptors (Lipinski definition) is 3. The lowest BCUT2D eigenvalue weighted by atomic mass is 10.2. The predicted molar refractivity (Wildman–Crippen MR) is 75.3 cm³/mol. The Labute approximate surface area is 115 Å². The Hall–Kier alpha value is -1.39. The van der Waals surface area contributed by atoms with Gasteiger partial charge in [-0.15, -0.1) is 0 Å². The van der Waals surface area contributed by atoms with Crippen LogP contribution in [0.5, 0.6) is 5.88 Å². The molecule has 0 fully saturated rings. The summed E-state index contributed by atoms with van der Waals surface area (Å²) < 4.78 is 6.66. The molecule has 0 bridgehead atoms.